The molecule has 2 heterocycles. The number of nitrogens with zero attached hydrogens (tertiary/aromatic N) is 2. The Hall–Kier alpha value is -1.94. The van der Waals surface area contributed by atoms with Gasteiger partial charge in [-0.3, -0.25) is 14.7 Å². The SMILES string of the molecule is O=C(O)CC1CCCN1Cc1ccnc2ccccc12. The molecule has 0 saturated carbocycles. The normalized spacial score (nSPS) is 19.5. The molecule has 104 valence electrons. The molecule has 0 amide bonds. The van der Waals surface area contributed by atoms with Crippen molar-refractivity contribution in [2.75, 3.05) is 6.54 Å². The lowest BCUT2D eigenvalue weighted by Crippen LogP contribution is -2.30. The maximum atomic E-state index is 10.9. The number of likely N-dealkylation sites (tertiary alicyclic amines) is 1. The largest absolute Gasteiger partial charge is 0.481 e. The summed E-state index contributed by atoms with van der Waals surface area (Å²) in [6.07, 6.45) is 4.14. The molecule has 4 heteroatoms. The van der Waals surface area contributed by atoms with E-state index in [9.17, 15) is 4.79 Å². The zero-order chi connectivity index (χ0) is 13.9. The highest BCUT2D eigenvalue weighted by Crippen LogP contribution is 2.25. The van der Waals surface area contributed by atoms with Gasteiger partial charge in [0.15, 0.2) is 0 Å². The summed E-state index contributed by atoms with van der Waals surface area (Å²) in [6, 6.07) is 10.3. The number of pyridine rings is 1. The summed E-state index contributed by atoms with van der Waals surface area (Å²) in [6.45, 7) is 1.79. The minimum Gasteiger partial charge on any atom is -0.481 e. The lowest BCUT2D eigenvalue weighted by molar-refractivity contribution is -0.138. The highest BCUT2D eigenvalue weighted by Gasteiger charge is 2.26. The molecule has 1 atom stereocenters. The number of carboxylic acids is 1. The summed E-state index contributed by atoms with van der Waals surface area (Å²) in [5.74, 6) is -0.707. The Morgan fingerprint density at radius 3 is 3.05 bits per heavy atom. The first-order chi connectivity index (χ1) is 9.74. The first kappa shape index (κ1) is 13.1. The van der Waals surface area contributed by atoms with Crippen LogP contribution in [0, 0.1) is 0 Å². The number of rotatable bonds is 4. The van der Waals surface area contributed by atoms with Gasteiger partial charge in [-0.15, -0.1) is 0 Å². The van der Waals surface area contributed by atoms with Crippen LogP contribution in [0.25, 0.3) is 10.9 Å². The third-order valence-electron chi connectivity index (χ3n) is 4.02. The molecule has 1 aliphatic heterocycles. The molecule has 1 N–H and O–H groups in total. The number of carbonyl (C=O) groups is 1. The fourth-order valence-electron chi connectivity index (χ4n) is 3.05. The molecule has 0 aliphatic carbocycles. The number of aliphatic carboxylic acids is 1. The van der Waals surface area contributed by atoms with Gasteiger partial charge in [-0.05, 0) is 37.1 Å². The molecule has 1 fully saturated rings. The summed E-state index contributed by atoms with van der Waals surface area (Å²) in [7, 11) is 0. The number of benzene rings is 1. The number of aromatic nitrogens is 1. The van der Waals surface area contributed by atoms with Crippen molar-refractivity contribution in [1.82, 2.24) is 9.88 Å². The zero-order valence-corrected chi connectivity index (χ0v) is 11.3. The van der Waals surface area contributed by atoms with Crippen molar-refractivity contribution >= 4 is 16.9 Å². The van der Waals surface area contributed by atoms with Crippen LogP contribution in [0.2, 0.25) is 0 Å². The van der Waals surface area contributed by atoms with Crippen LogP contribution in [0.5, 0.6) is 0 Å². The number of carboxylic acid groups (broad SMARTS) is 1. The monoisotopic (exact) mass is 270 g/mol. The lowest BCUT2D eigenvalue weighted by atomic mass is 10.1. The number of hydrogen-bond donors (Lipinski definition) is 1. The van der Waals surface area contributed by atoms with E-state index in [2.05, 4.69) is 16.0 Å². The third-order valence-corrected chi connectivity index (χ3v) is 4.02. The Bertz CT molecular complexity index is 621. The van der Waals surface area contributed by atoms with Crippen molar-refractivity contribution in [3.63, 3.8) is 0 Å². The molecular formula is C16H18N2O2. The average molecular weight is 270 g/mol. The van der Waals surface area contributed by atoms with Crippen LogP contribution in [0.3, 0.4) is 0 Å². The lowest BCUT2D eigenvalue weighted by Gasteiger charge is -2.23. The number of hydrogen-bond acceptors (Lipinski definition) is 3. The molecule has 0 radical (unpaired) electrons. The van der Waals surface area contributed by atoms with Gasteiger partial charge in [0.2, 0.25) is 0 Å². The Labute approximate surface area is 118 Å². The predicted octanol–water partition coefficient (Wildman–Crippen LogP) is 2.67. The van der Waals surface area contributed by atoms with Crippen molar-refractivity contribution in [3.05, 3.63) is 42.1 Å². The van der Waals surface area contributed by atoms with Gasteiger partial charge < -0.3 is 5.11 Å². The van der Waals surface area contributed by atoms with Crippen LogP contribution in [-0.4, -0.2) is 33.5 Å². The molecule has 1 unspecified atom stereocenters. The first-order valence-corrected chi connectivity index (χ1v) is 7.02. The van der Waals surface area contributed by atoms with Crippen molar-refractivity contribution in [3.8, 4) is 0 Å². The van der Waals surface area contributed by atoms with Crippen molar-refractivity contribution in [2.45, 2.75) is 31.8 Å². The fraction of sp³-hybridized carbons (Fsp3) is 0.375. The van der Waals surface area contributed by atoms with E-state index < -0.39 is 5.97 Å². The maximum Gasteiger partial charge on any atom is 0.304 e. The summed E-state index contributed by atoms with van der Waals surface area (Å²) < 4.78 is 0. The Kier molecular flexibility index (Phi) is 3.65. The van der Waals surface area contributed by atoms with Crippen molar-refractivity contribution in [2.24, 2.45) is 0 Å². The van der Waals surface area contributed by atoms with Crippen molar-refractivity contribution in [1.29, 1.82) is 0 Å². The summed E-state index contributed by atoms with van der Waals surface area (Å²) in [4.78, 5) is 17.6. The molecule has 20 heavy (non-hydrogen) atoms. The first-order valence-electron chi connectivity index (χ1n) is 7.02. The smallest absolute Gasteiger partial charge is 0.304 e. The number of fused-ring (bicyclic) bond motifs is 1. The van der Waals surface area contributed by atoms with Gasteiger partial charge in [-0.25, -0.2) is 0 Å². The van der Waals surface area contributed by atoms with Gasteiger partial charge in [0.05, 0.1) is 11.9 Å². The third kappa shape index (κ3) is 2.65. The fourth-order valence-corrected chi connectivity index (χ4v) is 3.05. The second kappa shape index (κ2) is 5.59. The van der Waals surface area contributed by atoms with Crippen LogP contribution in [0.1, 0.15) is 24.8 Å². The summed E-state index contributed by atoms with van der Waals surface area (Å²) in [5.41, 5.74) is 2.23. The molecule has 1 aromatic heterocycles. The standard InChI is InChI=1S/C16H18N2O2/c19-16(20)10-13-4-3-9-18(13)11-12-7-8-17-15-6-2-1-5-14(12)15/h1-2,5-8,13H,3-4,9-11H2,(H,19,20). The summed E-state index contributed by atoms with van der Waals surface area (Å²) >= 11 is 0. The second-order valence-electron chi connectivity index (χ2n) is 5.35. The van der Waals surface area contributed by atoms with E-state index in [4.69, 9.17) is 5.11 Å². The Morgan fingerprint density at radius 1 is 1.35 bits per heavy atom. The van der Waals surface area contributed by atoms with E-state index in [1.165, 1.54) is 5.56 Å². The molecule has 2 aromatic rings. The van der Waals surface area contributed by atoms with Gasteiger partial charge in [-0.2, -0.15) is 0 Å². The minimum atomic E-state index is -0.707. The van der Waals surface area contributed by atoms with E-state index in [0.29, 0.717) is 0 Å². The van der Waals surface area contributed by atoms with E-state index in [1.807, 2.05) is 30.5 Å². The van der Waals surface area contributed by atoms with Crippen LogP contribution >= 0.6 is 0 Å². The predicted molar refractivity (Wildman–Crippen MR) is 77.4 cm³/mol. The summed E-state index contributed by atoms with van der Waals surface area (Å²) in [5, 5.41) is 10.2. The Balaban J connectivity index is 1.84. The van der Waals surface area contributed by atoms with Gasteiger partial charge in [0.25, 0.3) is 0 Å². The van der Waals surface area contributed by atoms with Crippen LogP contribution < -0.4 is 0 Å². The van der Waals surface area contributed by atoms with E-state index in [1.54, 1.807) is 0 Å². The molecular weight excluding hydrogens is 252 g/mol. The van der Waals surface area contributed by atoms with E-state index >= 15 is 0 Å². The topological polar surface area (TPSA) is 53.4 Å². The van der Waals surface area contributed by atoms with Crippen LogP contribution in [-0.2, 0) is 11.3 Å². The van der Waals surface area contributed by atoms with Gasteiger partial charge >= 0.3 is 5.97 Å². The van der Waals surface area contributed by atoms with Crippen LogP contribution in [0.4, 0.5) is 0 Å². The quantitative estimate of drug-likeness (QED) is 0.928. The molecule has 4 nitrogen and oxygen atoms in total. The van der Waals surface area contributed by atoms with Gasteiger partial charge in [0.1, 0.15) is 0 Å². The highest BCUT2D eigenvalue weighted by molar-refractivity contribution is 5.81. The van der Waals surface area contributed by atoms with Crippen molar-refractivity contribution < 1.29 is 9.90 Å². The minimum absolute atomic E-state index is 0.166. The number of para-hydroxylation sites is 1. The van der Waals surface area contributed by atoms with E-state index in [-0.39, 0.29) is 12.5 Å². The van der Waals surface area contributed by atoms with Gasteiger partial charge in [-0.1, -0.05) is 18.2 Å². The Morgan fingerprint density at radius 2 is 2.20 bits per heavy atom. The molecule has 0 bridgehead atoms. The average Bonchev–Trinajstić information content (AvgIpc) is 2.86. The van der Waals surface area contributed by atoms with E-state index in [0.717, 1.165) is 36.8 Å². The molecule has 0 spiro atoms. The maximum absolute atomic E-state index is 10.9. The van der Waals surface area contributed by atoms with Gasteiger partial charge in [0, 0.05) is 24.2 Å². The molecule has 1 saturated heterocycles. The molecule has 3 rings (SSSR count). The molecule has 1 aromatic carbocycles. The highest BCUT2D eigenvalue weighted by atomic mass is 16.4. The second-order valence-corrected chi connectivity index (χ2v) is 5.35. The zero-order valence-electron chi connectivity index (χ0n) is 11.3. The van der Waals surface area contributed by atoms with Crippen LogP contribution in [0.15, 0.2) is 36.5 Å². The molecule has 1 aliphatic rings.